The Morgan fingerprint density at radius 3 is 2.28 bits per heavy atom. The van der Waals surface area contributed by atoms with Gasteiger partial charge in [-0.3, -0.25) is 9.59 Å². The molecule has 174 valence electrons. The van der Waals surface area contributed by atoms with Crippen LogP contribution in [-0.4, -0.2) is 71.7 Å². The molecule has 1 rings (SSSR count). The van der Waals surface area contributed by atoms with Gasteiger partial charge in [0.2, 0.25) is 11.8 Å². The number of aliphatic hydroxyl groups excluding tert-OH is 1. The van der Waals surface area contributed by atoms with Gasteiger partial charge < -0.3 is 25.8 Å². The number of likely N-dealkylation sites (N-methyl/N-ethyl adjacent to an activating group) is 1. The lowest BCUT2D eigenvalue weighted by molar-refractivity contribution is -0.146. The molecule has 6 atom stereocenters. The molecule has 0 aliphatic carbocycles. The van der Waals surface area contributed by atoms with Crippen molar-refractivity contribution < 1.29 is 20.9 Å². The maximum absolute atomic E-state index is 13.0. The minimum Gasteiger partial charge on any atom is -0.391 e. The molecule has 0 radical (unpaired) electrons. The monoisotopic (exact) mass is 417 g/mol. The molecule has 0 spiro atoms. The van der Waals surface area contributed by atoms with Gasteiger partial charge in [-0.2, -0.15) is 0 Å². The lowest BCUT2D eigenvalue weighted by atomic mass is 9.88. The highest BCUT2D eigenvalue weighted by molar-refractivity contribution is 5.80. The van der Waals surface area contributed by atoms with Crippen molar-refractivity contribution in [2.45, 2.75) is 91.5 Å². The molecule has 1 saturated heterocycles. The van der Waals surface area contributed by atoms with Crippen LogP contribution in [0, 0.1) is 17.8 Å². The summed E-state index contributed by atoms with van der Waals surface area (Å²) in [4.78, 5) is 29.6. The molecule has 0 saturated carbocycles. The Hall–Kier alpha value is -1.18. The van der Waals surface area contributed by atoms with Gasteiger partial charge >= 0.3 is 0 Å². The summed E-state index contributed by atoms with van der Waals surface area (Å²) in [5.41, 5.74) is 0. The van der Waals surface area contributed by atoms with E-state index < -0.39 is 6.10 Å². The van der Waals surface area contributed by atoms with Crippen LogP contribution in [0.1, 0.15) is 68.7 Å². The molecule has 0 unspecified atom stereocenters. The van der Waals surface area contributed by atoms with E-state index in [9.17, 15) is 14.7 Å². The molecule has 29 heavy (non-hydrogen) atoms. The number of hydrogen-bond acceptors (Lipinski definition) is 5. The molecule has 1 aliphatic rings. The zero-order valence-corrected chi connectivity index (χ0v) is 19.9. The summed E-state index contributed by atoms with van der Waals surface area (Å²) >= 11 is 0. The minimum absolute atomic E-state index is 0. The summed E-state index contributed by atoms with van der Waals surface area (Å²) in [5, 5.41) is 9.99. The van der Waals surface area contributed by atoms with Gasteiger partial charge in [-0.1, -0.05) is 41.0 Å². The SMILES string of the molecule is CC[C@H](C)[C@@H]([C@@H](CC(=O)N1CCC[C@H]1[C@@H](C)O)OC)N(C)C(=O)[C@@H](C)C(C)C.N.[HH]. The summed E-state index contributed by atoms with van der Waals surface area (Å²) < 4.78 is 5.77. The van der Waals surface area contributed by atoms with Gasteiger partial charge in [0.15, 0.2) is 0 Å². The number of rotatable bonds is 10. The molecule has 1 fully saturated rings. The first kappa shape index (κ1) is 27.8. The third-order valence-electron chi connectivity index (χ3n) is 6.65. The van der Waals surface area contributed by atoms with Crippen molar-refractivity contribution in [3.8, 4) is 0 Å². The first-order chi connectivity index (χ1) is 13.1. The Kier molecular flexibility index (Phi) is 12.0. The summed E-state index contributed by atoms with van der Waals surface area (Å²) in [7, 11) is 3.46. The summed E-state index contributed by atoms with van der Waals surface area (Å²) in [5.74, 6) is 0.478. The van der Waals surface area contributed by atoms with Gasteiger partial charge in [0.25, 0.3) is 0 Å². The molecule has 0 aromatic carbocycles. The van der Waals surface area contributed by atoms with E-state index in [1.54, 1.807) is 23.8 Å². The molecule has 7 nitrogen and oxygen atoms in total. The van der Waals surface area contributed by atoms with Crippen LogP contribution in [0.3, 0.4) is 0 Å². The molecular formula is C22H47N3O4. The fourth-order valence-corrected chi connectivity index (χ4v) is 4.23. The van der Waals surface area contributed by atoms with Crippen molar-refractivity contribution in [3.63, 3.8) is 0 Å². The van der Waals surface area contributed by atoms with Gasteiger partial charge in [-0.05, 0) is 31.6 Å². The fraction of sp³-hybridized carbons (Fsp3) is 0.909. The predicted molar refractivity (Wildman–Crippen MR) is 119 cm³/mol. The lowest BCUT2D eigenvalue weighted by Gasteiger charge is -2.40. The molecule has 1 aliphatic heterocycles. The smallest absolute Gasteiger partial charge is 0.225 e. The molecule has 1 heterocycles. The molecule has 0 aromatic heterocycles. The van der Waals surface area contributed by atoms with E-state index in [2.05, 4.69) is 27.7 Å². The zero-order valence-electron chi connectivity index (χ0n) is 19.9. The van der Waals surface area contributed by atoms with Crippen molar-refractivity contribution in [1.29, 1.82) is 0 Å². The Labute approximate surface area is 179 Å². The molecule has 0 bridgehead atoms. The number of hydrogen-bond donors (Lipinski definition) is 2. The van der Waals surface area contributed by atoms with E-state index >= 15 is 0 Å². The van der Waals surface area contributed by atoms with Crippen molar-refractivity contribution in [1.82, 2.24) is 16.0 Å². The van der Waals surface area contributed by atoms with Crippen LogP contribution >= 0.6 is 0 Å². The van der Waals surface area contributed by atoms with Crippen LogP contribution in [0.4, 0.5) is 0 Å². The molecule has 0 aromatic rings. The second kappa shape index (κ2) is 12.5. The van der Waals surface area contributed by atoms with E-state index in [0.717, 1.165) is 19.3 Å². The third kappa shape index (κ3) is 6.93. The maximum Gasteiger partial charge on any atom is 0.225 e. The van der Waals surface area contributed by atoms with Crippen molar-refractivity contribution in [3.05, 3.63) is 0 Å². The largest absolute Gasteiger partial charge is 0.391 e. The standard InChI is InChI=1S/C22H42N2O4.H3N.H2/c1-9-15(4)21(23(7)22(27)16(5)14(2)3)19(28-8)13-20(26)24-12-10-11-18(24)17(6)25;;/h14-19,21,25H,9-13H2,1-8H3;1H3;1H/t15-,16-,17+,18-,19+,21-;;/m0../s1. The number of carbonyl (C=O) groups is 2. The third-order valence-corrected chi connectivity index (χ3v) is 6.65. The molecule has 7 heteroatoms. The Morgan fingerprint density at radius 2 is 1.83 bits per heavy atom. The van der Waals surface area contributed by atoms with Gasteiger partial charge in [0, 0.05) is 28.0 Å². The quantitative estimate of drug-likeness (QED) is 0.567. The van der Waals surface area contributed by atoms with Gasteiger partial charge in [-0.15, -0.1) is 0 Å². The van der Waals surface area contributed by atoms with Crippen molar-refractivity contribution in [2.24, 2.45) is 17.8 Å². The van der Waals surface area contributed by atoms with Crippen LogP contribution in [0.5, 0.6) is 0 Å². The highest BCUT2D eigenvalue weighted by Crippen LogP contribution is 2.27. The van der Waals surface area contributed by atoms with Crippen LogP contribution in [-0.2, 0) is 14.3 Å². The first-order valence-corrected chi connectivity index (χ1v) is 10.8. The first-order valence-electron chi connectivity index (χ1n) is 10.8. The fourth-order valence-electron chi connectivity index (χ4n) is 4.23. The Bertz CT molecular complexity index is 519. The van der Waals surface area contributed by atoms with E-state index in [4.69, 9.17) is 4.74 Å². The van der Waals surface area contributed by atoms with Crippen molar-refractivity contribution >= 4 is 11.8 Å². The number of likely N-dealkylation sites (tertiary alicyclic amines) is 1. The number of amides is 2. The second-order valence-electron chi connectivity index (χ2n) is 8.87. The van der Waals surface area contributed by atoms with Gasteiger partial charge in [0.1, 0.15) is 0 Å². The second-order valence-corrected chi connectivity index (χ2v) is 8.87. The number of nitrogens with zero attached hydrogens (tertiary/aromatic N) is 2. The van der Waals surface area contributed by atoms with E-state index in [1.807, 2.05) is 14.0 Å². The minimum atomic E-state index is -0.533. The van der Waals surface area contributed by atoms with E-state index in [1.165, 1.54) is 0 Å². The normalized spacial score (nSPS) is 21.9. The number of aliphatic hydroxyl groups is 1. The van der Waals surface area contributed by atoms with Gasteiger partial charge in [0.05, 0.1) is 30.7 Å². The Morgan fingerprint density at radius 1 is 1.24 bits per heavy atom. The molecule has 2 amide bonds. The maximum atomic E-state index is 13.0. The van der Waals surface area contributed by atoms with E-state index in [0.29, 0.717) is 6.54 Å². The van der Waals surface area contributed by atoms with Crippen LogP contribution in [0.2, 0.25) is 0 Å². The summed E-state index contributed by atoms with van der Waals surface area (Å²) in [6.07, 6.45) is 1.97. The van der Waals surface area contributed by atoms with Gasteiger partial charge in [-0.25, -0.2) is 0 Å². The highest BCUT2D eigenvalue weighted by atomic mass is 16.5. The molecular weight excluding hydrogens is 370 g/mol. The van der Waals surface area contributed by atoms with E-state index in [-0.39, 0.29) is 61.8 Å². The highest BCUT2D eigenvalue weighted by Gasteiger charge is 2.38. The number of ether oxygens (including phenoxy) is 1. The Balaban J connectivity index is 0. The van der Waals surface area contributed by atoms with Crippen LogP contribution in [0.15, 0.2) is 0 Å². The topological polar surface area (TPSA) is 105 Å². The van der Waals surface area contributed by atoms with Crippen LogP contribution < -0.4 is 6.15 Å². The lowest BCUT2D eigenvalue weighted by Crippen LogP contribution is -2.53. The average Bonchev–Trinajstić information content (AvgIpc) is 3.15. The van der Waals surface area contributed by atoms with Crippen LogP contribution in [0.25, 0.3) is 0 Å². The summed E-state index contributed by atoms with van der Waals surface area (Å²) in [6, 6.07) is -0.285. The predicted octanol–water partition coefficient (Wildman–Crippen LogP) is 3.34. The number of methoxy groups -OCH3 is 1. The zero-order chi connectivity index (χ0) is 21.6. The summed E-state index contributed by atoms with van der Waals surface area (Å²) in [6.45, 7) is 12.7. The number of carbonyl (C=O) groups excluding carboxylic acids is 2. The van der Waals surface area contributed by atoms with Crippen molar-refractivity contribution in [2.75, 3.05) is 20.7 Å². The average molecular weight is 418 g/mol. The molecule has 4 N–H and O–H groups in total.